The molecule has 1 heterocycles. The highest BCUT2D eigenvalue weighted by atomic mass is 19.3. The molecular formula is C9H15F2NO. The Hall–Kier alpha value is -0.510. The number of carbonyl (C=O) groups excluding carboxylic acids is 1. The van der Waals surface area contributed by atoms with Gasteiger partial charge < -0.3 is 5.32 Å². The highest BCUT2D eigenvalue weighted by Gasteiger charge is 2.37. The molecule has 1 N–H and O–H groups in total. The molecule has 1 atom stereocenters. The van der Waals surface area contributed by atoms with Gasteiger partial charge in [-0.25, -0.2) is 0 Å². The molecule has 0 saturated carbocycles. The van der Waals surface area contributed by atoms with Gasteiger partial charge in [-0.2, -0.15) is 8.78 Å². The summed E-state index contributed by atoms with van der Waals surface area (Å²) in [6.45, 7) is 2.47. The SMILES string of the molecule is CC(=O)C(F)(F)CC1CCCNC1. The van der Waals surface area contributed by atoms with Crippen LogP contribution in [0.1, 0.15) is 26.2 Å². The zero-order valence-corrected chi connectivity index (χ0v) is 7.78. The Kier molecular flexibility index (Phi) is 3.36. The van der Waals surface area contributed by atoms with E-state index in [9.17, 15) is 13.6 Å². The number of Topliss-reactive ketones (excluding diaryl/α,β-unsaturated/α-hetero) is 1. The molecule has 1 rings (SSSR count). The lowest BCUT2D eigenvalue weighted by atomic mass is 9.92. The molecule has 0 spiro atoms. The van der Waals surface area contributed by atoms with Crippen molar-refractivity contribution in [3.05, 3.63) is 0 Å². The predicted octanol–water partition coefficient (Wildman–Crippen LogP) is 1.60. The van der Waals surface area contributed by atoms with Crippen molar-refractivity contribution in [1.82, 2.24) is 5.32 Å². The van der Waals surface area contributed by atoms with Crippen LogP contribution in [-0.4, -0.2) is 24.8 Å². The first kappa shape index (κ1) is 10.6. The highest BCUT2D eigenvalue weighted by molar-refractivity contribution is 5.82. The minimum Gasteiger partial charge on any atom is -0.316 e. The van der Waals surface area contributed by atoms with Crippen LogP contribution in [-0.2, 0) is 4.79 Å². The Balaban J connectivity index is 2.41. The number of carbonyl (C=O) groups is 1. The van der Waals surface area contributed by atoms with Crippen LogP contribution in [0.25, 0.3) is 0 Å². The summed E-state index contributed by atoms with van der Waals surface area (Å²) in [4.78, 5) is 10.6. The van der Waals surface area contributed by atoms with Crippen molar-refractivity contribution < 1.29 is 13.6 Å². The lowest BCUT2D eigenvalue weighted by Crippen LogP contribution is -2.36. The predicted molar refractivity (Wildman–Crippen MR) is 45.8 cm³/mol. The van der Waals surface area contributed by atoms with Gasteiger partial charge in [0, 0.05) is 13.3 Å². The monoisotopic (exact) mass is 191 g/mol. The van der Waals surface area contributed by atoms with Gasteiger partial charge in [0.1, 0.15) is 0 Å². The third-order valence-electron chi connectivity index (χ3n) is 2.46. The second kappa shape index (κ2) is 4.13. The van der Waals surface area contributed by atoms with Gasteiger partial charge in [0.05, 0.1) is 0 Å². The molecule has 13 heavy (non-hydrogen) atoms. The molecule has 2 nitrogen and oxygen atoms in total. The molecule has 1 aliphatic rings. The highest BCUT2D eigenvalue weighted by Crippen LogP contribution is 2.27. The number of alkyl halides is 2. The summed E-state index contributed by atoms with van der Waals surface area (Å²) in [6.07, 6.45) is 1.43. The van der Waals surface area contributed by atoms with E-state index in [2.05, 4.69) is 5.32 Å². The van der Waals surface area contributed by atoms with E-state index >= 15 is 0 Å². The third kappa shape index (κ3) is 3.03. The van der Waals surface area contributed by atoms with Crippen molar-refractivity contribution in [2.75, 3.05) is 13.1 Å². The van der Waals surface area contributed by atoms with E-state index in [4.69, 9.17) is 0 Å². The van der Waals surface area contributed by atoms with Crippen LogP contribution in [0.5, 0.6) is 0 Å². The Bertz CT molecular complexity index is 188. The summed E-state index contributed by atoms with van der Waals surface area (Å²) in [5.74, 6) is -4.19. The zero-order chi connectivity index (χ0) is 9.90. The van der Waals surface area contributed by atoms with Crippen LogP contribution in [0.15, 0.2) is 0 Å². The molecule has 0 aromatic heterocycles. The van der Waals surface area contributed by atoms with Gasteiger partial charge in [0.15, 0.2) is 5.78 Å². The van der Waals surface area contributed by atoms with E-state index < -0.39 is 11.7 Å². The molecule has 0 aromatic rings. The number of hydrogen-bond acceptors (Lipinski definition) is 2. The molecule has 1 saturated heterocycles. The maximum Gasteiger partial charge on any atom is 0.305 e. The van der Waals surface area contributed by atoms with Gasteiger partial charge >= 0.3 is 5.92 Å². The van der Waals surface area contributed by atoms with E-state index in [1.54, 1.807) is 0 Å². The van der Waals surface area contributed by atoms with Crippen LogP contribution >= 0.6 is 0 Å². The Labute approximate surface area is 76.7 Å². The first-order valence-electron chi connectivity index (χ1n) is 4.62. The van der Waals surface area contributed by atoms with Gasteiger partial charge in [0.25, 0.3) is 0 Å². The summed E-state index contributed by atoms with van der Waals surface area (Å²) in [6, 6.07) is 0. The minimum absolute atomic E-state index is 0.0485. The number of hydrogen-bond donors (Lipinski definition) is 1. The Morgan fingerprint density at radius 1 is 1.62 bits per heavy atom. The number of halogens is 2. The second-order valence-electron chi connectivity index (χ2n) is 3.68. The van der Waals surface area contributed by atoms with E-state index in [1.165, 1.54) is 0 Å². The van der Waals surface area contributed by atoms with E-state index in [0.29, 0.717) is 6.54 Å². The summed E-state index contributed by atoms with van der Waals surface area (Å²) in [7, 11) is 0. The average molecular weight is 191 g/mol. The van der Waals surface area contributed by atoms with Crippen molar-refractivity contribution in [3.63, 3.8) is 0 Å². The normalized spacial score (nSPS) is 24.4. The molecule has 1 unspecified atom stereocenters. The summed E-state index contributed by atoms with van der Waals surface area (Å²) in [5.41, 5.74) is 0. The van der Waals surface area contributed by atoms with Gasteiger partial charge in [-0.15, -0.1) is 0 Å². The zero-order valence-electron chi connectivity index (χ0n) is 7.78. The fraction of sp³-hybridized carbons (Fsp3) is 0.889. The van der Waals surface area contributed by atoms with Gasteiger partial charge in [0.2, 0.25) is 0 Å². The van der Waals surface area contributed by atoms with Crippen molar-refractivity contribution in [2.24, 2.45) is 5.92 Å². The Morgan fingerprint density at radius 3 is 2.77 bits per heavy atom. The quantitative estimate of drug-likeness (QED) is 0.734. The molecular weight excluding hydrogens is 176 g/mol. The van der Waals surface area contributed by atoms with Crippen LogP contribution in [0.2, 0.25) is 0 Å². The van der Waals surface area contributed by atoms with Gasteiger partial charge in [-0.05, 0) is 31.8 Å². The summed E-state index contributed by atoms with van der Waals surface area (Å²) in [5, 5.41) is 3.05. The molecule has 1 fully saturated rings. The van der Waals surface area contributed by atoms with Gasteiger partial charge in [-0.3, -0.25) is 4.79 Å². The third-order valence-corrected chi connectivity index (χ3v) is 2.46. The minimum atomic E-state index is -3.12. The van der Waals surface area contributed by atoms with E-state index in [0.717, 1.165) is 26.3 Å². The second-order valence-corrected chi connectivity index (χ2v) is 3.68. The average Bonchev–Trinajstić information content (AvgIpc) is 2.05. The van der Waals surface area contributed by atoms with Crippen LogP contribution in [0.3, 0.4) is 0 Å². The molecule has 4 heteroatoms. The molecule has 0 amide bonds. The van der Waals surface area contributed by atoms with Crippen molar-refractivity contribution in [3.8, 4) is 0 Å². The number of piperidine rings is 1. The molecule has 0 aromatic carbocycles. The standard InChI is InChI=1S/C9H15F2NO/c1-7(13)9(10,11)5-8-3-2-4-12-6-8/h8,12H,2-6H2,1H3. The lowest BCUT2D eigenvalue weighted by molar-refractivity contribution is -0.143. The topological polar surface area (TPSA) is 29.1 Å². The Morgan fingerprint density at radius 2 is 2.31 bits per heavy atom. The van der Waals surface area contributed by atoms with E-state index in [-0.39, 0.29) is 12.3 Å². The molecule has 0 bridgehead atoms. The van der Waals surface area contributed by atoms with Crippen molar-refractivity contribution in [1.29, 1.82) is 0 Å². The van der Waals surface area contributed by atoms with Gasteiger partial charge in [-0.1, -0.05) is 0 Å². The summed E-state index contributed by atoms with van der Waals surface area (Å²) >= 11 is 0. The van der Waals surface area contributed by atoms with Crippen LogP contribution < -0.4 is 5.32 Å². The van der Waals surface area contributed by atoms with Crippen molar-refractivity contribution in [2.45, 2.75) is 32.1 Å². The summed E-state index contributed by atoms with van der Waals surface area (Å²) < 4.78 is 25.9. The lowest BCUT2D eigenvalue weighted by Gasteiger charge is -2.25. The molecule has 76 valence electrons. The smallest absolute Gasteiger partial charge is 0.305 e. The van der Waals surface area contributed by atoms with Crippen LogP contribution in [0.4, 0.5) is 8.78 Å². The maximum absolute atomic E-state index is 13.0. The number of nitrogens with one attached hydrogen (secondary N) is 1. The fourth-order valence-electron chi connectivity index (χ4n) is 1.60. The molecule has 0 radical (unpaired) electrons. The fourth-order valence-corrected chi connectivity index (χ4v) is 1.60. The van der Waals surface area contributed by atoms with Crippen molar-refractivity contribution >= 4 is 5.78 Å². The van der Waals surface area contributed by atoms with Crippen LogP contribution in [0, 0.1) is 5.92 Å². The largest absolute Gasteiger partial charge is 0.316 e. The molecule has 1 aliphatic heterocycles. The van der Waals surface area contributed by atoms with E-state index in [1.807, 2.05) is 0 Å². The molecule has 0 aliphatic carbocycles. The number of ketones is 1. The first-order valence-corrected chi connectivity index (χ1v) is 4.62. The maximum atomic E-state index is 13.0. The number of rotatable bonds is 3. The first-order chi connectivity index (χ1) is 6.02.